The van der Waals surface area contributed by atoms with Crippen LogP contribution >= 0.6 is 0 Å². The molecule has 1 aromatic carbocycles. The number of nitrogens with one attached hydrogen (secondary N) is 1. The molecule has 2 heteroatoms. The van der Waals surface area contributed by atoms with Crippen LogP contribution in [0.15, 0.2) is 24.4 Å². The Balaban J connectivity index is 2.40. The molecule has 0 spiro atoms. The number of rotatable bonds is 1. The van der Waals surface area contributed by atoms with Crippen molar-refractivity contribution in [2.45, 2.75) is 6.42 Å². The second-order valence-corrected chi connectivity index (χ2v) is 3.10. The Hall–Kier alpha value is -1.44. The van der Waals surface area contributed by atoms with Crippen LogP contribution in [0.3, 0.4) is 0 Å². The fourth-order valence-electron chi connectivity index (χ4n) is 1.53. The molecule has 0 amide bonds. The maximum Gasteiger partial charge on any atom is 0.119 e. The van der Waals surface area contributed by atoms with Gasteiger partial charge in [-0.3, -0.25) is 0 Å². The van der Waals surface area contributed by atoms with Crippen molar-refractivity contribution in [3.8, 4) is 5.75 Å². The Morgan fingerprint density at radius 3 is 3.15 bits per heavy atom. The van der Waals surface area contributed by atoms with Crippen LogP contribution in [0.5, 0.6) is 5.75 Å². The lowest BCUT2D eigenvalue weighted by atomic mass is 10.0. The average Bonchev–Trinajstić information content (AvgIpc) is 2.41. The Bertz CT molecular complexity index is 331. The van der Waals surface area contributed by atoms with Crippen molar-refractivity contribution in [3.63, 3.8) is 0 Å². The maximum atomic E-state index is 5.18. The molecule has 0 radical (unpaired) electrons. The standard InChI is InChI=1S/C11H13NO/c1-13-11-3-2-9-4-6-12-7-5-10(9)8-11/h2-4,6,8,12H,5,7H2,1H3. The quantitative estimate of drug-likeness (QED) is 0.703. The van der Waals surface area contributed by atoms with E-state index in [1.54, 1.807) is 7.11 Å². The minimum absolute atomic E-state index is 0.939. The van der Waals surface area contributed by atoms with Crippen LogP contribution in [-0.2, 0) is 6.42 Å². The molecule has 0 aromatic heterocycles. The van der Waals surface area contributed by atoms with Crippen LogP contribution in [0.25, 0.3) is 6.08 Å². The molecule has 1 heterocycles. The first-order valence-electron chi connectivity index (χ1n) is 4.47. The van der Waals surface area contributed by atoms with E-state index in [1.165, 1.54) is 11.1 Å². The fraction of sp³-hybridized carbons (Fsp3) is 0.273. The number of ether oxygens (including phenoxy) is 1. The van der Waals surface area contributed by atoms with E-state index in [4.69, 9.17) is 4.74 Å². The summed E-state index contributed by atoms with van der Waals surface area (Å²) in [5.74, 6) is 0.939. The van der Waals surface area contributed by atoms with Crippen molar-refractivity contribution in [2.24, 2.45) is 0 Å². The highest BCUT2D eigenvalue weighted by molar-refractivity contribution is 5.56. The molecule has 68 valence electrons. The molecule has 0 fully saturated rings. The van der Waals surface area contributed by atoms with Gasteiger partial charge in [-0.1, -0.05) is 6.07 Å². The van der Waals surface area contributed by atoms with Gasteiger partial charge in [0.15, 0.2) is 0 Å². The van der Waals surface area contributed by atoms with E-state index >= 15 is 0 Å². The van der Waals surface area contributed by atoms with E-state index in [0.717, 1.165) is 18.7 Å². The van der Waals surface area contributed by atoms with Crippen molar-refractivity contribution >= 4 is 6.08 Å². The molecule has 0 aliphatic carbocycles. The minimum atomic E-state index is 0.939. The van der Waals surface area contributed by atoms with Crippen molar-refractivity contribution in [2.75, 3.05) is 13.7 Å². The molecule has 1 aromatic rings. The summed E-state index contributed by atoms with van der Waals surface area (Å²) in [5.41, 5.74) is 2.63. The van der Waals surface area contributed by atoms with Gasteiger partial charge in [0.25, 0.3) is 0 Å². The molecular weight excluding hydrogens is 162 g/mol. The van der Waals surface area contributed by atoms with Gasteiger partial charge in [-0.25, -0.2) is 0 Å². The summed E-state index contributed by atoms with van der Waals surface area (Å²) in [6.45, 7) is 0.997. The molecule has 1 aliphatic rings. The smallest absolute Gasteiger partial charge is 0.119 e. The SMILES string of the molecule is COc1ccc2c(c1)CCNC=C2. The van der Waals surface area contributed by atoms with Gasteiger partial charge < -0.3 is 10.1 Å². The van der Waals surface area contributed by atoms with Crippen LogP contribution in [0, 0.1) is 0 Å². The third-order valence-corrected chi connectivity index (χ3v) is 2.27. The van der Waals surface area contributed by atoms with Crippen molar-refractivity contribution < 1.29 is 4.74 Å². The maximum absolute atomic E-state index is 5.18. The number of hydrogen-bond acceptors (Lipinski definition) is 2. The van der Waals surface area contributed by atoms with Crippen LogP contribution < -0.4 is 10.1 Å². The molecule has 13 heavy (non-hydrogen) atoms. The lowest BCUT2D eigenvalue weighted by Crippen LogP contribution is -2.07. The second kappa shape index (κ2) is 3.52. The van der Waals surface area contributed by atoms with E-state index in [0.29, 0.717) is 0 Å². The van der Waals surface area contributed by atoms with Gasteiger partial charge in [0.05, 0.1) is 7.11 Å². The summed E-state index contributed by atoms with van der Waals surface area (Å²) >= 11 is 0. The Labute approximate surface area is 78.2 Å². The molecule has 1 N–H and O–H groups in total. The molecule has 1 aliphatic heterocycles. The highest BCUT2D eigenvalue weighted by Gasteiger charge is 2.03. The number of methoxy groups -OCH3 is 1. The van der Waals surface area contributed by atoms with E-state index < -0.39 is 0 Å². The molecule has 0 unspecified atom stereocenters. The van der Waals surface area contributed by atoms with E-state index in [9.17, 15) is 0 Å². The normalized spacial score (nSPS) is 14.2. The first kappa shape index (κ1) is 8.17. The summed E-state index contributed by atoms with van der Waals surface area (Å²) in [6, 6.07) is 6.19. The summed E-state index contributed by atoms with van der Waals surface area (Å²) in [5, 5.41) is 3.21. The summed E-state index contributed by atoms with van der Waals surface area (Å²) < 4.78 is 5.18. The summed E-state index contributed by atoms with van der Waals surface area (Å²) in [4.78, 5) is 0. The monoisotopic (exact) mass is 175 g/mol. The molecule has 2 rings (SSSR count). The van der Waals surface area contributed by atoms with Crippen LogP contribution in [0.2, 0.25) is 0 Å². The largest absolute Gasteiger partial charge is 0.497 e. The van der Waals surface area contributed by atoms with Gasteiger partial charge in [0, 0.05) is 6.54 Å². The van der Waals surface area contributed by atoms with Crippen LogP contribution in [-0.4, -0.2) is 13.7 Å². The average molecular weight is 175 g/mol. The zero-order chi connectivity index (χ0) is 9.10. The number of benzene rings is 1. The van der Waals surface area contributed by atoms with Gasteiger partial charge in [-0.15, -0.1) is 0 Å². The molecule has 0 atom stereocenters. The third kappa shape index (κ3) is 1.66. The minimum Gasteiger partial charge on any atom is -0.497 e. The molecule has 0 bridgehead atoms. The Morgan fingerprint density at radius 1 is 1.38 bits per heavy atom. The van der Waals surface area contributed by atoms with Crippen molar-refractivity contribution in [1.29, 1.82) is 0 Å². The predicted octanol–water partition coefficient (Wildman–Crippen LogP) is 1.81. The highest BCUT2D eigenvalue weighted by atomic mass is 16.5. The van der Waals surface area contributed by atoms with Crippen molar-refractivity contribution in [3.05, 3.63) is 35.5 Å². The predicted molar refractivity (Wildman–Crippen MR) is 53.7 cm³/mol. The lowest BCUT2D eigenvalue weighted by Gasteiger charge is -2.05. The summed E-state index contributed by atoms with van der Waals surface area (Å²) in [7, 11) is 1.70. The third-order valence-electron chi connectivity index (χ3n) is 2.27. The lowest BCUT2D eigenvalue weighted by molar-refractivity contribution is 0.414. The highest BCUT2D eigenvalue weighted by Crippen LogP contribution is 2.20. The Kier molecular flexibility index (Phi) is 2.21. The molecule has 2 nitrogen and oxygen atoms in total. The number of fused-ring (bicyclic) bond motifs is 1. The first-order valence-corrected chi connectivity index (χ1v) is 4.47. The van der Waals surface area contributed by atoms with Gasteiger partial charge in [-0.05, 0) is 42.0 Å². The molecular formula is C11H13NO. The van der Waals surface area contributed by atoms with E-state index in [1.807, 2.05) is 12.3 Å². The fourth-order valence-corrected chi connectivity index (χ4v) is 1.53. The first-order chi connectivity index (χ1) is 6.40. The Morgan fingerprint density at radius 2 is 2.31 bits per heavy atom. The van der Waals surface area contributed by atoms with E-state index in [2.05, 4.69) is 23.5 Å². The summed E-state index contributed by atoms with van der Waals surface area (Å²) in [6.07, 6.45) is 5.15. The van der Waals surface area contributed by atoms with Gasteiger partial charge >= 0.3 is 0 Å². The number of hydrogen-bond donors (Lipinski definition) is 1. The van der Waals surface area contributed by atoms with Gasteiger partial charge in [0.1, 0.15) is 5.75 Å². The van der Waals surface area contributed by atoms with Gasteiger partial charge in [0.2, 0.25) is 0 Å². The van der Waals surface area contributed by atoms with Crippen molar-refractivity contribution in [1.82, 2.24) is 5.32 Å². The van der Waals surface area contributed by atoms with Crippen LogP contribution in [0.1, 0.15) is 11.1 Å². The molecule has 0 saturated carbocycles. The molecule has 0 saturated heterocycles. The van der Waals surface area contributed by atoms with Gasteiger partial charge in [-0.2, -0.15) is 0 Å². The zero-order valence-electron chi connectivity index (χ0n) is 7.71. The van der Waals surface area contributed by atoms with E-state index in [-0.39, 0.29) is 0 Å². The zero-order valence-corrected chi connectivity index (χ0v) is 7.71. The van der Waals surface area contributed by atoms with Crippen LogP contribution in [0.4, 0.5) is 0 Å². The second-order valence-electron chi connectivity index (χ2n) is 3.10. The topological polar surface area (TPSA) is 21.3 Å².